The smallest absolute Gasteiger partial charge is 0.416 e. The number of carbonyl (C=O) groups is 4. The Balaban J connectivity index is 0.996. The first-order chi connectivity index (χ1) is 56.3. The normalized spacial score (nSPS) is 14.7. The second kappa shape index (κ2) is 30.3. The maximum Gasteiger partial charge on any atom is 0.416 e. The topological polar surface area (TPSA) is 152 Å². The van der Waals surface area contributed by atoms with Crippen molar-refractivity contribution >= 4 is 104 Å². The lowest BCUT2D eigenvalue weighted by atomic mass is 9.98. The number of allylic oxidation sites excluding steroid dienone is 4. The van der Waals surface area contributed by atoms with E-state index >= 15 is 0 Å². The molecule has 0 unspecified atom stereocenters. The van der Waals surface area contributed by atoms with Gasteiger partial charge in [0.05, 0.1) is 132 Å². The van der Waals surface area contributed by atoms with Crippen molar-refractivity contribution < 1.29 is 143 Å². The third kappa shape index (κ3) is 17.0. The van der Waals surface area contributed by atoms with Crippen LogP contribution in [-0.2, 0) is 49.4 Å². The Morgan fingerprint density at radius 2 is 0.471 bits per heavy atom. The number of hydrogen-bond donors (Lipinski definition) is 1. The fourth-order valence-electron chi connectivity index (χ4n) is 12.8. The highest BCUT2D eigenvalue weighted by molar-refractivity contribution is 6.59. The van der Waals surface area contributed by atoms with Gasteiger partial charge in [0.25, 0.3) is 0 Å². The molecule has 4 aliphatic heterocycles. The fraction of sp³-hybridized carbons (Fsp3) is 0.100. The maximum absolute atomic E-state index is 14.0. The summed E-state index contributed by atoms with van der Waals surface area (Å²) >= 11 is 29.4. The summed E-state index contributed by atoms with van der Waals surface area (Å²) in [5.74, 6) is -11.0. The van der Waals surface area contributed by atoms with Crippen molar-refractivity contribution in [3.05, 3.63) is 337 Å². The first-order valence-electron chi connectivity index (χ1n) is 33.5. The van der Waals surface area contributed by atoms with Crippen molar-refractivity contribution in [2.45, 2.75) is 49.4 Å². The maximum atomic E-state index is 14.0. The Morgan fingerprint density at radius 1 is 0.264 bits per heavy atom. The number of aromatic nitrogens is 2. The van der Waals surface area contributed by atoms with Gasteiger partial charge in [-0.25, -0.2) is 44.0 Å². The van der Waals surface area contributed by atoms with Gasteiger partial charge in [0.1, 0.15) is 23.0 Å². The molecule has 0 amide bonds. The van der Waals surface area contributed by atoms with Crippen molar-refractivity contribution in [2.24, 2.45) is 9.98 Å². The summed E-state index contributed by atoms with van der Waals surface area (Å²) in [6.07, 6.45) is -43.2. The third-order valence-electron chi connectivity index (χ3n) is 18.3. The van der Waals surface area contributed by atoms with E-state index in [1.807, 2.05) is 0 Å². The van der Waals surface area contributed by atoms with E-state index < -0.39 is 183 Å². The molecule has 4 aliphatic rings. The van der Waals surface area contributed by atoms with Gasteiger partial charge in [-0.15, -0.1) is 0 Å². The number of alkyl halides is 24. The molecule has 1 N–H and O–H groups in total. The Kier molecular flexibility index (Phi) is 21.3. The number of hydrogen-bond acceptors (Lipinski definition) is 11. The average Bonchev–Trinajstić information content (AvgIpc) is 1.55. The molecule has 0 fully saturated rings. The molecule has 0 saturated carbocycles. The Bertz CT molecular complexity index is 5890. The van der Waals surface area contributed by atoms with Gasteiger partial charge >= 0.3 is 73.3 Å². The summed E-state index contributed by atoms with van der Waals surface area (Å²) in [6.45, 7) is 0. The van der Waals surface area contributed by atoms with Gasteiger partial charge in [-0.1, -0.05) is 94.9 Å². The molecule has 0 aliphatic carbocycles. The molecule has 0 saturated heterocycles. The molecule has 622 valence electrons. The summed E-state index contributed by atoms with van der Waals surface area (Å²) in [5.41, 5.74) is -16.4. The van der Waals surface area contributed by atoms with Gasteiger partial charge in [-0.3, -0.25) is 0 Å². The lowest BCUT2D eigenvalue weighted by molar-refractivity contribution is -0.144. The van der Waals surface area contributed by atoms with E-state index in [4.69, 9.17) is 75.3 Å². The van der Waals surface area contributed by atoms with Crippen LogP contribution in [0.4, 0.5) is 105 Å². The molecule has 0 radical (unpaired) electrons. The van der Waals surface area contributed by atoms with Crippen molar-refractivity contribution in [1.82, 2.24) is 9.35 Å². The Hall–Kier alpha value is -12.5. The van der Waals surface area contributed by atoms with Gasteiger partial charge < -0.3 is 18.9 Å². The van der Waals surface area contributed by atoms with Crippen LogP contribution in [0.25, 0.3) is 22.3 Å². The second-order valence-electron chi connectivity index (χ2n) is 26.2. The summed E-state index contributed by atoms with van der Waals surface area (Å²) in [6, 6.07) is 22.6. The number of nitrogens with one attached hydrogen (secondary N) is 1. The lowest BCUT2D eigenvalue weighted by Crippen LogP contribution is -2.42. The van der Waals surface area contributed by atoms with E-state index in [0.29, 0.717) is 0 Å². The van der Waals surface area contributed by atoms with E-state index in [1.54, 1.807) is 0 Å². The standard InChI is InChI=1S/C80H33Cl4F24N5O8/c81-61-62(82)66-59(35-5-13-39(14-6-35)71(116)120-51-29-45(77(97,98)99)23-46(30-51)78(100,101)102)55-19-20-56-60(36-7-15-40(16-8-36)72(117)121-52-31-47(79(103,104)105)24-48(32-52)80(106,107)108)68-64(84)63(83)67(110-68)58(34-3-11-38(12-4-34)70(115)119-50-27-43(75(91,92)93)22-44(28-50)76(94,95)96)54-18-17-53(112(54)111-113(55)56)57(65(61)109-66)33-1-9-37(10-2-33)69(114)118-49-25-41(73(85,86)87)21-42(26-49)74(88,89)90/h1-32,111H. The minimum Gasteiger partial charge on any atom is -0.423 e. The van der Waals surface area contributed by atoms with E-state index in [9.17, 15) is 125 Å². The van der Waals surface area contributed by atoms with Crippen LogP contribution < -0.4 is 35.2 Å². The summed E-state index contributed by atoms with van der Waals surface area (Å²) in [7, 11) is 0. The number of carbonyl (C=O) groups excluding carboxylic acids is 4. The predicted octanol–water partition coefficient (Wildman–Crippen LogP) is 22.6. The zero-order valence-corrected chi connectivity index (χ0v) is 61.6. The molecule has 6 bridgehead atoms. The van der Waals surface area contributed by atoms with E-state index in [0.717, 1.165) is 97.1 Å². The fourth-order valence-corrected chi connectivity index (χ4v) is 13.7. The molecule has 121 heavy (non-hydrogen) atoms. The summed E-state index contributed by atoms with van der Waals surface area (Å²) in [5, 5.41) is -2.04. The lowest BCUT2D eigenvalue weighted by Gasteiger charge is -2.24. The average molecular weight is 1790 g/mol. The highest BCUT2D eigenvalue weighted by Gasteiger charge is 2.44. The molecule has 10 aromatic rings. The monoisotopic (exact) mass is 1790 g/mol. The number of aliphatic imine (C=N–C) groups is 2. The quantitative estimate of drug-likeness (QED) is 0.0716. The van der Waals surface area contributed by atoms with Gasteiger partial charge in [-0.2, -0.15) is 105 Å². The van der Waals surface area contributed by atoms with Crippen LogP contribution in [0, 0.1) is 0 Å². The summed E-state index contributed by atoms with van der Waals surface area (Å²) in [4.78, 5) is 65.5. The van der Waals surface area contributed by atoms with Crippen LogP contribution in [0.2, 0.25) is 0 Å². The van der Waals surface area contributed by atoms with Crippen LogP contribution in [0.5, 0.6) is 23.0 Å². The van der Waals surface area contributed by atoms with Crippen LogP contribution >= 0.6 is 46.4 Å². The minimum atomic E-state index is -5.40. The summed E-state index contributed by atoms with van der Waals surface area (Å²) < 4.78 is 359. The number of rotatable bonds is 12. The number of benzene rings is 8. The van der Waals surface area contributed by atoms with E-state index in [-0.39, 0.29) is 162 Å². The van der Waals surface area contributed by atoms with Gasteiger partial charge in [0.2, 0.25) is 0 Å². The zero-order valence-electron chi connectivity index (χ0n) is 58.6. The predicted molar refractivity (Wildman–Crippen MR) is 384 cm³/mol. The number of esters is 4. The van der Waals surface area contributed by atoms with Gasteiger partial charge in [0, 0.05) is 22.3 Å². The third-order valence-corrected chi connectivity index (χ3v) is 20.0. The molecule has 6 heterocycles. The largest absolute Gasteiger partial charge is 0.423 e. The Labute approximate surface area is 678 Å². The zero-order chi connectivity index (χ0) is 87.8. The molecule has 13 nitrogen and oxygen atoms in total. The first-order valence-corrected chi connectivity index (χ1v) is 35.0. The second-order valence-corrected chi connectivity index (χ2v) is 27.7. The molecule has 14 rings (SSSR count). The molecule has 2 aromatic heterocycles. The molecule has 0 spiro atoms. The molecular weight excluding hydrogens is 1760 g/mol. The van der Waals surface area contributed by atoms with Crippen LogP contribution in [0.1, 0.15) is 120 Å². The van der Waals surface area contributed by atoms with Crippen LogP contribution in [-0.4, -0.2) is 44.7 Å². The molecule has 8 aromatic carbocycles. The van der Waals surface area contributed by atoms with Crippen molar-refractivity contribution in [3.8, 4) is 23.0 Å². The minimum absolute atomic E-state index is 0.0829. The van der Waals surface area contributed by atoms with E-state index in [2.05, 4.69) is 5.53 Å². The van der Waals surface area contributed by atoms with Gasteiger partial charge in [-0.05, 0) is 168 Å². The first kappa shape index (κ1) is 85.0. The number of nitrogens with zero attached hydrogens (tertiary/aromatic N) is 4. The van der Waals surface area contributed by atoms with Crippen LogP contribution in [0.3, 0.4) is 0 Å². The Morgan fingerprint density at radius 3 is 0.678 bits per heavy atom. The van der Waals surface area contributed by atoms with Crippen molar-refractivity contribution in [3.63, 3.8) is 0 Å². The highest BCUT2D eigenvalue weighted by Crippen LogP contribution is 2.49. The number of ether oxygens (including phenoxy) is 4. The van der Waals surface area contributed by atoms with E-state index in [1.165, 1.54) is 33.6 Å². The molecular formula is C80H33Cl4F24N5O8. The molecule has 0 atom stereocenters. The van der Waals surface area contributed by atoms with Gasteiger partial charge in [0.15, 0.2) is 0 Å². The SMILES string of the molecule is O=C(Oc1cc(C(F)(F)F)cc(C(F)(F)F)c1)c1ccc(C2=C3N=C(C(Cl)=C3Cl)C(c3ccc(C(=O)Oc4cc(C(F)(F)F)cc(C(F)(F)F)c4)cc3)=c3ccc4n3Nn3c2ccc3C(c2ccc(C(=O)Oc3cc(C(F)(F)F)cc(C(F)(F)F)c3)cc2)=C2N=C(C(Cl)=C2Cl)C=4c2ccc(C(=O)Oc3cc(C(F)(F)F)cc(C(F)(F)F)c3)cc2)cc1. The highest BCUT2D eigenvalue weighted by atomic mass is 35.5. The van der Waals surface area contributed by atoms with Crippen molar-refractivity contribution in [2.75, 3.05) is 5.53 Å². The number of halogens is 28. The van der Waals surface area contributed by atoms with Crippen molar-refractivity contribution in [1.29, 1.82) is 0 Å². The number of fused-ring (bicyclic) bond motifs is 2. The molecule has 41 heteroatoms. The van der Waals surface area contributed by atoms with Crippen LogP contribution in [0.15, 0.2) is 236 Å².